The van der Waals surface area contributed by atoms with E-state index in [9.17, 15) is 0 Å². The Bertz CT molecular complexity index is 363. The van der Waals surface area contributed by atoms with Crippen LogP contribution in [-0.4, -0.2) is 11.5 Å². The van der Waals surface area contributed by atoms with Crippen LogP contribution in [0.15, 0.2) is 30.5 Å². The first-order valence-corrected chi connectivity index (χ1v) is 4.53. The molecule has 1 aromatic rings. The van der Waals surface area contributed by atoms with E-state index in [2.05, 4.69) is 23.8 Å². The first kappa shape index (κ1) is 10.3. The Morgan fingerprint density at radius 2 is 2.50 bits per heavy atom. The minimum Gasteiger partial charge on any atom is -0.381 e. The molecule has 14 heavy (non-hydrogen) atoms. The van der Waals surface area contributed by atoms with E-state index in [0.717, 1.165) is 24.2 Å². The number of nitriles is 1. The molecular formula is C11H13N3. The predicted octanol–water partition coefficient (Wildman–Crippen LogP) is 2.33. The largest absolute Gasteiger partial charge is 0.381 e. The molecule has 0 atom stereocenters. The van der Waals surface area contributed by atoms with Gasteiger partial charge in [-0.15, -0.1) is 0 Å². The molecule has 3 nitrogen and oxygen atoms in total. The van der Waals surface area contributed by atoms with E-state index in [1.165, 1.54) is 0 Å². The quantitative estimate of drug-likeness (QED) is 0.736. The number of rotatable bonds is 4. The first-order chi connectivity index (χ1) is 6.76. The van der Waals surface area contributed by atoms with Crippen LogP contribution in [0.2, 0.25) is 0 Å². The Kier molecular flexibility index (Phi) is 3.69. The minimum atomic E-state index is 0.428. The standard InChI is InChI=1S/C11H13N3/c1-3-9(2)8-14-10-4-5-13-11(6-10)7-12/h4-6H,2-3,8H2,1H3,(H,13,14). The SMILES string of the molecule is C=C(CC)CNc1ccnc(C#N)c1. The molecule has 0 aliphatic carbocycles. The summed E-state index contributed by atoms with van der Waals surface area (Å²) in [5.74, 6) is 0. The molecule has 0 unspecified atom stereocenters. The van der Waals surface area contributed by atoms with Crippen molar-refractivity contribution in [1.29, 1.82) is 5.26 Å². The number of nitrogens with one attached hydrogen (secondary N) is 1. The van der Waals surface area contributed by atoms with Gasteiger partial charge < -0.3 is 5.32 Å². The van der Waals surface area contributed by atoms with Crippen molar-refractivity contribution in [2.24, 2.45) is 0 Å². The molecule has 0 saturated heterocycles. The number of hydrogen-bond acceptors (Lipinski definition) is 3. The number of nitrogens with zero attached hydrogens (tertiary/aromatic N) is 2. The molecule has 0 aromatic carbocycles. The second-order valence-electron chi connectivity index (χ2n) is 3.00. The van der Waals surface area contributed by atoms with Crippen molar-refractivity contribution in [3.63, 3.8) is 0 Å². The molecular weight excluding hydrogens is 174 g/mol. The molecule has 0 bridgehead atoms. The lowest BCUT2D eigenvalue weighted by molar-refractivity contribution is 1.05. The van der Waals surface area contributed by atoms with Crippen LogP contribution in [0, 0.1) is 11.3 Å². The molecule has 0 radical (unpaired) electrons. The van der Waals surface area contributed by atoms with Gasteiger partial charge in [0.1, 0.15) is 11.8 Å². The van der Waals surface area contributed by atoms with Crippen LogP contribution in [0.1, 0.15) is 19.0 Å². The van der Waals surface area contributed by atoms with Crippen molar-refractivity contribution >= 4 is 5.69 Å². The highest BCUT2D eigenvalue weighted by molar-refractivity contribution is 5.46. The zero-order valence-corrected chi connectivity index (χ0v) is 8.25. The normalized spacial score (nSPS) is 9.14. The van der Waals surface area contributed by atoms with Crippen LogP contribution in [0.5, 0.6) is 0 Å². The van der Waals surface area contributed by atoms with E-state index in [1.54, 1.807) is 12.3 Å². The summed E-state index contributed by atoms with van der Waals surface area (Å²) >= 11 is 0. The van der Waals surface area contributed by atoms with Crippen molar-refractivity contribution in [1.82, 2.24) is 4.98 Å². The summed E-state index contributed by atoms with van der Waals surface area (Å²) < 4.78 is 0. The topological polar surface area (TPSA) is 48.7 Å². The van der Waals surface area contributed by atoms with E-state index in [0.29, 0.717) is 5.69 Å². The molecule has 0 spiro atoms. The summed E-state index contributed by atoms with van der Waals surface area (Å²) in [7, 11) is 0. The fourth-order valence-corrected chi connectivity index (χ4v) is 0.954. The number of anilines is 1. The molecule has 0 saturated carbocycles. The number of hydrogen-bond donors (Lipinski definition) is 1. The van der Waals surface area contributed by atoms with Crippen molar-refractivity contribution in [3.8, 4) is 6.07 Å². The maximum atomic E-state index is 8.63. The third-order valence-electron chi connectivity index (χ3n) is 1.92. The van der Waals surface area contributed by atoms with E-state index < -0.39 is 0 Å². The molecule has 72 valence electrons. The van der Waals surface area contributed by atoms with Gasteiger partial charge in [-0.25, -0.2) is 4.98 Å². The molecule has 1 aromatic heterocycles. The maximum Gasteiger partial charge on any atom is 0.142 e. The highest BCUT2D eigenvalue weighted by atomic mass is 14.9. The van der Waals surface area contributed by atoms with Gasteiger partial charge in [0.2, 0.25) is 0 Å². The van der Waals surface area contributed by atoms with Crippen molar-refractivity contribution in [2.45, 2.75) is 13.3 Å². The van der Waals surface area contributed by atoms with Gasteiger partial charge in [0.25, 0.3) is 0 Å². The maximum absolute atomic E-state index is 8.63. The smallest absolute Gasteiger partial charge is 0.142 e. The molecule has 3 heteroatoms. The molecule has 1 rings (SSSR count). The van der Waals surface area contributed by atoms with Gasteiger partial charge in [-0.1, -0.05) is 19.1 Å². The summed E-state index contributed by atoms with van der Waals surface area (Å²) in [4.78, 5) is 3.88. The van der Waals surface area contributed by atoms with Gasteiger partial charge in [-0.2, -0.15) is 5.26 Å². The Labute approximate surface area is 84.1 Å². The zero-order valence-electron chi connectivity index (χ0n) is 8.25. The minimum absolute atomic E-state index is 0.428. The summed E-state index contributed by atoms with van der Waals surface area (Å²) in [5, 5.41) is 11.8. The van der Waals surface area contributed by atoms with Crippen LogP contribution >= 0.6 is 0 Å². The van der Waals surface area contributed by atoms with Crippen molar-refractivity contribution in [2.75, 3.05) is 11.9 Å². The van der Waals surface area contributed by atoms with Gasteiger partial charge in [0.15, 0.2) is 0 Å². The Morgan fingerprint density at radius 1 is 1.71 bits per heavy atom. The van der Waals surface area contributed by atoms with Crippen molar-refractivity contribution < 1.29 is 0 Å². The Morgan fingerprint density at radius 3 is 3.14 bits per heavy atom. The molecule has 0 aliphatic heterocycles. The van der Waals surface area contributed by atoms with Gasteiger partial charge in [-0.3, -0.25) is 0 Å². The third kappa shape index (κ3) is 2.91. The molecule has 0 fully saturated rings. The number of pyridine rings is 1. The van der Waals surface area contributed by atoms with Crippen LogP contribution in [0.25, 0.3) is 0 Å². The van der Waals surface area contributed by atoms with E-state index in [4.69, 9.17) is 5.26 Å². The second kappa shape index (κ2) is 5.03. The van der Waals surface area contributed by atoms with E-state index in [1.807, 2.05) is 12.1 Å². The fraction of sp³-hybridized carbons (Fsp3) is 0.273. The van der Waals surface area contributed by atoms with Gasteiger partial charge in [0, 0.05) is 18.4 Å². The van der Waals surface area contributed by atoms with Gasteiger partial charge in [-0.05, 0) is 18.6 Å². The van der Waals surface area contributed by atoms with Crippen LogP contribution in [-0.2, 0) is 0 Å². The van der Waals surface area contributed by atoms with Crippen LogP contribution < -0.4 is 5.32 Å². The highest BCUT2D eigenvalue weighted by Gasteiger charge is 1.95. The van der Waals surface area contributed by atoms with Gasteiger partial charge >= 0.3 is 0 Å². The Balaban J connectivity index is 2.60. The van der Waals surface area contributed by atoms with Crippen molar-refractivity contribution in [3.05, 3.63) is 36.2 Å². The van der Waals surface area contributed by atoms with Gasteiger partial charge in [0.05, 0.1) is 0 Å². The molecule has 1 N–H and O–H groups in total. The monoisotopic (exact) mass is 187 g/mol. The third-order valence-corrected chi connectivity index (χ3v) is 1.92. The zero-order chi connectivity index (χ0) is 10.4. The summed E-state index contributed by atoms with van der Waals surface area (Å²) in [6, 6.07) is 5.56. The molecule has 1 heterocycles. The second-order valence-corrected chi connectivity index (χ2v) is 3.00. The van der Waals surface area contributed by atoms with E-state index >= 15 is 0 Å². The average molecular weight is 187 g/mol. The molecule has 0 amide bonds. The van der Waals surface area contributed by atoms with E-state index in [-0.39, 0.29) is 0 Å². The highest BCUT2D eigenvalue weighted by Crippen LogP contribution is 2.08. The summed E-state index contributed by atoms with van der Waals surface area (Å²) in [5.41, 5.74) is 2.48. The predicted molar refractivity (Wildman–Crippen MR) is 56.9 cm³/mol. The average Bonchev–Trinajstić information content (AvgIpc) is 2.26. The Hall–Kier alpha value is -1.82. The fourth-order valence-electron chi connectivity index (χ4n) is 0.954. The molecule has 0 aliphatic rings. The lowest BCUT2D eigenvalue weighted by Crippen LogP contribution is -2.03. The summed E-state index contributed by atoms with van der Waals surface area (Å²) in [6.45, 7) is 6.70. The van der Waals surface area contributed by atoms with Crippen LogP contribution in [0.4, 0.5) is 5.69 Å². The number of aromatic nitrogens is 1. The lowest BCUT2D eigenvalue weighted by atomic mass is 10.2. The van der Waals surface area contributed by atoms with Crippen LogP contribution in [0.3, 0.4) is 0 Å². The lowest BCUT2D eigenvalue weighted by Gasteiger charge is -2.06. The first-order valence-electron chi connectivity index (χ1n) is 4.53. The summed E-state index contributed by atoms with van der Waals surface area (Å²) in [6.07, 6.45) is 2.58.